The van der Waals surface area contributed by atoms with E-state index in [0.29, 0.717) is 24.6 Å². The lowest BCUT2D eigenvalue weighted by molar-refractivity contribution is -0.122. The molecule has 1 atom stereocenters. The summed E-state index contributed by atoms with van der Waals surface area (Å²) in [6, 6.07) is 5.32. The molecule has 0 aromatic heterocycles. The summed E-state index contributed by atoms with van der Waals surface area (Å²) in [6.07, 6.45) is 3.98. The molecule has 0 amide bonds. The standard InChI is InChI=1S/C19H28FNO2/c1-4-13(3)19(22)7-6-14-8-15(20)10-17(9-14)23-18-11-16(12-18)21-5-2/h8-10,13,16,18,21H,4-7,11-12H2,1-3H3. The smallest absolute Gasteiger partial charge is 0.136 e. The molecule has 1 fully saturated rings. The van der Waals surface area contributed by atoms with Crippen molar-refractivity contribution in [2.45, 2.75) is 65.0 Å². The first kappa shape index (κ1) is 17.9. The van der Waals surface area contributed by atoms with Crippen LogP contribution in [0.15, 0.2) is 18.2 Å². The van der Waals surface area contributed by atoms with Gasteiger partial charge in [-0.2, -0.15) is 0 Å². The SMILES string of the molecule is CCNC1CC(Oc2cc(F)cc(CCC(=O)C(C)CC)c2)C1. The predicted molar refractivity (Wildman–Crippen MR) is 90.3 cm³/mol. The van der Waals surface area contributed by atoms with Crippen LogP contribution in [0.4, 0.5) is 4.39 Å². The van der Waals surface area contributed by atoms with Crippen LogP contribution in [0.5, 0.6) is 5.75 Å². The van der Waals surface area contributed by atoms with Crippen molar-refractivity contribution >= 4 is 5.78 Å². The quantitative estimate of drug-likeness (QED) is 0.750. The maximum atomic E-state index is 13.8. The number of halogens is 1. The number of ether oxygens (including phenoxy) is 1. The number of hydrogen-bond donors (Lipinski definition) is 1. The molecule has 0 aliphatic heterocycles. The first-order valence-corrected chi connectivity index (χ1v) is 8.74. The van der Waals surface area contributed by atoms with E-state index in [0.717, 1.165) is 31.4 Å². The molecule has 1 aromatic rings. The number of ketones is 1. The third-order valence-electron chi connectivity index (χ3n) is 4.64. The summed E-state index contributed by atoms with van der Waals surface area (Å²) >= 11 is 0. The van der Waals surface area contributed by atoms with Crippen LogP contribution < -0.4 is 10.1 Å². The zero-order valence-electron chi connectivity index (χ0n) is 14.4. The third-order valence-corrected chi connectivity index (χ3v) is 4.64. The van der Waals surface area contributed by atoms with E-state index in [1.807, 2.05) is 19.9 Å². The molecule has 128 valence electrons. The second kappa shape index (κ2) is 8.44. The highest BCUT2D eigenvalue weighted by molar-refractivity contribution is 5.80. The van der Waals surface area contributed by atoms with E-state index in [1.165, 1.54) is 12.1 Å². The van der Waals surface area contributed by atoms with E-state index in [1.54, 1.807) is 0 Å². The highest BCUT2D eigenvalue weighted by atomic mass is 19.1. The fourth-order valence-corrected chi connectivity index (χ4v) is 2.88. The highest BCUT2D eigenvalue weighted by Crippen LogP contribution is 2.27. The summed E-state index contributed by atoms with van der Waals surface area (Å²) in [5, 5.41) is 3.38. The number of hydrogen-bond acceptors (Lipinski definition) is 3. The Bertz CT molecular complexity index is 526. The number of Topliss-reactive ketones (excluding diaryl/α,β-unsaturated/α-hetero) is 1. The minimum Gasteiger partial charge on any atom is -0.490 e. The van der Waals surface area contributed by atoms with Gasteiger partial charge in [0, 0.05) is 24.4 Å². The molecule has 2 rings (SSSR count). The van der Waals surface area contributed by atoms with Crippen LogP contribution in [0.1, 0.15) is 52.0 Å². The Hall–Kier alpha value is -1.42. The van der Waals surface area contributed by atoms with Gasteiger partial charge in [-0.25, -0.2) is 4.39 Å². The van der Waals surface area contributed by atoms with Gasteiger partial charge in [0.25, 0.3) is 0 Å². The summed E-state index contributed by atoms with van der Waals surface area (Å²) < 4.78 is 19.6. The lowest BCUT2D eigenvalue weighted by Crippen LogP contribution is -2.46. The largest absolute Gasteiger partial charge is 0.490 e. The maximum absolute atomic E-state index is 13.8. The van der Waals surface area contributed by atoms with Gasteiger partial charge in [0.05, 0.1) is 0 Å². The van der Waals surface area contributed by atoms with Crippen molar-refractivity contribution in [3.63, 3.8) is 0 Å². The van der Waals surface area contributed by atoms with E-state index in [-0.39, 0.29) is 23.6 Å². The molecule has 0 bridgehead atoms. The number of aryl methyl sites for hydroxylation is 1. The average molecular weight is 321 g/mol. The fourth-order valence-electron chi connectivity index (χ4n) is 2.88. The van der Waals surface area contributed by atoms with E-state index in [9.17, 15) is 9.18 Å². The van der Waals surface area contributed by atoms with Gasteiger partial charge in [0.2, 0.25) is 0 Å². The van der Waals surface area contributed by atoms with Gasteiger partial charge in [-0.15, -0.1) is 0 Å². The predicted octanol–water partition coefficient (Wildman–Crippen LogP) is 3.89. The Morgan fingerprint density at radius 3 is 2.74 bits per heavy atom. The van der Waals surface area contributed by atoms with Crippen LogP contribution in [-0.4, -0.2) is 24.5 Å². The molecule has 1 aliphatic rings. The van der Waals surface area contributed by atoms with Crippen molar-refractivity contribution in [1.29, 1.82) is 0 Å². The van der Waals surface area contributed by atoms with E-state index in [4.69, 9.17) is 4.74 Å². The minimum absolute atomic E-state index is 0.0808. The van der Waals surface area contributed by atoms with Crippen LogP contribution in [-0.2, 0) is 11.2 Å². The summed E-state index contributed by atoms with van der Waals surface area (Å²) in [4.78, 5) is 11.9. The summed E-state index contributed by atoms with van der Waals surface area (Å²) in [5.41, 5.74) is 0.833. The van der Waals surface area contributed by atoms with Gasteiger partial charge in [-0.3, -0.25) is 4.79 Å². The first-order chi connectivity index (χ1) is 11.0. The zero-order valence-corrected chi connectivity index (χ0v) is 14.4. The molecule has 1 aliphatic carbocycles. The van der Waals surface area contributed by atoms with Gasteiger partial charge in [0.1, 0.15) is 23.5 Å². The molecular formula is C19H28FNO2. The molecule has 0 spiro atoms. The number of carbonyl (C=O) groups is 1. The minimum atomic E-state index is -0.295. The van der Waals surface area contributed by atoms with Crippen molar-refractivity contribution in [3.8, 4) is 5.75 Å². The highest BCUT2D eigenvalue weighted by Gasteiger charge is 2.30. The fraction of sp³-hybridized carbons (Fsp3) is 0.632. The van der Waals surface area contributed by atoms with Crippen LogP contribution in [0.3, 0.4) is 0 Å². The van der Waals surface area contributed by atoms with Gasteiger partial charge in [0.15, 0.2) is 0 Å². The molecule has 3 nitrogen and oxygen atoms in total. The van der Waals surface area contributed by atoms with Crippen molar-refractivity contribution < 1.29 is 13.9 Å². The number of rotatable bonds is 9. The molecule has 0 radical (unpaired) electrons. The van der Waals surface area contributed by atoms with Crippen molar-refractivity contribution in [2.75, 3.05) is 6.54 Å². The van der Waals surface area contributed by atoms with Crippen LogP contribution in [0, 0.1) is 11.7 Å². The van der Waals surface area contributed by atoms with Gasteiger partial charge < -0.3 is 10.1 Å². The van der Waals surface area contributed by atoms with Crippen molar-refractivity contribution in [1.82, 2.24) is 5.32 Å². The Morgan fingerprint density at radius 2 is 2.09 bits per heavy atom. The molecule has 0 heterocycles. The Balaban J connectivity index is 1.88. The monoisotopic (exact) mass is 321 g/mol. The molecule has 4 heteroatoms. The Morgan fingerprint density at radius 1 is 1.35 bits per heavy atom. The molecule has 23 heavy (non-hydrogen) atoms. The van der Waals surface area contributed by atoms with Crippen LogP contribution >= 0.6 is 0 Å². The summed E-state index contributed by atoms with van der Waals surface area (Å²) in [7, 11) is 0. The normalized spacial score (nSPS) is 21.6. The summed E-state index contributed by atoms with van der Waals surface area (Å²) in [5.74, 6) is 0.607. The zero-order chi connectivity index (χ0) is 16.8. The maximum Gasteiger partial charge on any atom is 0.136 e. The van der Waals surface area contributed by atoms with E-state index in [2.05, 4.69) is 12.2 Å². The summed E-state index contributed by atoms with van der Waals surface area (Å²) in [6.45, 7) is 7.01. The second-order valence-electron chi connectivity index (χ2n) is 6.54. The van der Waals surface area contributed by atoms with Crippen molar-refractivity contribution in [2.24, 2.45) is 5.92 Å². The lowest BCUT2D eigenvalue weighted by Gasteiger charge is -2.35. The molecule has 1 aromatic carbocycles. The van der Waals surface area contributed by atoms with Gasteiger partial charge >= 0.3 is 0 Å². The first-order valence-electron chi connectivity index (χ1n) is 8.74. The van der Waals surface area contributed by atoms with Crippen LogP contribution in [0.2, 0.25) is 0 Å². The molecular weight excluding hydrogens is 293 g/mol. The topological polar surface area (TPSA) is 38.3 Å². The Kier molecular flexibility index (Phi) is 6.58. The average Bonchev–Trinajstić information content (AvgIpc) is 2.49. The molecule has 1 saturated carbocycles. The third kappa shape index (κ3) is 5.31. The van der Waals surface area contributed by atoms with Crippen LogP contribution in [0.25, 0.3) is 0 Å². The number of benzene rings is 1. The number of nitrogens with one attached hydrogen (secondary N) is 1. The number of carbonyl (C=O) groups excluding carboxylic acids is 1. The lowest BCUT2D eigenvalue weighted by atomic mass is 9.89. The van der Waals surface area contributed by atoms with Gasteiger partial charge in [-0.1, -0.05) is 20.8 Å². The van der Waals surface area contributed by atoms with E-state index >= 15 is 0 Å². The Labute approximate surface area is 138 Å². The molecule has 1 N–H and O–H groups in total. The van der Waals surface area contributed by atoms with E-state index < -0.39 is 0 Å². The van der Waals surface area contributed by atoms with Crippen molar-refractivity contribution in [3.05, 3.63) is 29.6 Å². The molecule has 1 unspecified atom stereocenters. The second-order valence-corrected chi connectivity index (χ2v) is 6.54. The van der Waals surface area contributed by atoms with Gasteiger partial charge in [-0.05, 0) is 49.9 Å². The molecule has 0 saturated heterocycles.